The minimum atomic E-state index is 0.596. The standard InChI is InChI=1S/C10H9Cl2N3/c1-15-3-2-13-10(15)14-9-5-7(11)4-8(12)6-9/h2-6H,1H3,(H,13,14). The number of aromatic nitrogens is 2. The van der Waals surface area contributed by atoms with Crippen LogP contribution in [-0.2, 0) is 7.05 Å². The molecule has 0 saturated heterocycles. The number of nitrogens with zero attached hydrogens (tertiary/aromatic N) is 2. The first-order chi connectivity index (χ1) is 7.15. The summed E-state index contributed by atoms with van der Waals surface area (Å²) in [5.74, 6) is 0.744. The van der Waals surface area contributed by atoms with Crippen molar-refractivity contribution >= 4 is 34.8 Å². The van der Waals surface area contributed by atoms with Crippen molar-refractivity contribution in [1.29, 1.82) is 0 Å². The molecule has 0 fully saturated rings. The van der Waals surface area contributed by atoms with Crippen LogP contribution in [0.25, 0.3) is 0 Å². The summed E-state index contributed by atoms with van der Waals surface area (Å²) in [4.78, 5) is 4.14. The molecule has 15 heavy (non-hydrogen) atoms. The molecule has 1 aromatic heterocycles. The van der Waals surface area contributed by atoms with E-state index in [2.05, 4.69) is 10.3 Å². The van der Waals surface area contributed by atoms with Crippen LogP contribution in [0.2, 0.25) is 10.0 Å². The SMILES string of the molecule is Cn1ccnc1Nc1cc(Cl)cc(Cl)c1. The van der Waals surface area contributed by atoms with Gasteiger partial charge < -0.3 is 9.88 Å². The van der Waals surface area contributed by atoms with E-state index < -0.39 is 0 Å². The zero-order valence-electron chi connectivity index (χ0n) is 8.04. The number of rotatable bonds is 2. The molecule has 0 spiro atoms. The first-order valence-corrected chi connectivity index (χ1v) is 5.11. The maximum atomic E-state index is 5.88. The highest BCUT2D eigenvalue weighted by atomic mass is 35.5. The van der Waals surface area contributed by atoms with Crippen LogP contribution in [0, 0.1) is 0 Å². The van der Waals surface area contributed by atoms with Crippen LogP contribution in [0.3, 0.4) is 0 Å². The van der Waals surface area contributed by atoms with Crippen molar-refractivity contribution in [3.8, 4) is 0 Å². The van der Waals surface area contributed by atoms with E-state index in [1.807, 2.05) is 17.8 Å². The average molecular weight is 242 g/mol. The fourth-order valence-electron chi connectivity index (χ4n) is 1.24. The molecule has 2 aromatic rings. The number of hydrogen-bond donors (Lipinski definition) is 1. The molecule has 0 atom stereocenters. The molecule has 1 aromatic carbocycles. The summed E-state index contributed by atoms with van der Waals surface area (Å²) in [5.41, 5.74) is 0.821. The molecule has 3 nitrogen and oxygen atoms in total. The Labute approximate surface area is 97.6 Å². The normalized spacial score (nSPS) is 10.3. The summed E-state index contributed by atoms with van der Waals surface area (Å²) in [6, 6.07) is 5.27. The second-order valence-electron chi connectivity index (χ2n) is 3.14. The summed E-state index contributed by atoms with van der Waals surface area (Å²) in [7, 11) is 1.90. The second-order valence-corrected chi connectivity index (χ2v) is 4.02. The predicted molar refractivity (Wildman–Crippen MR) is 63.0 cm³/mol. The van der Waals surface area contributed by atoms with Crippen molar-refractivity contribution in [3.63, 3.8) is 0 Å². The molecule has 0 aliphatic carbocycles. The number of imidazole rings is 1. The molecule has 0 aliphatic rings. The smallest absolute Gasteiger partial charge is 0.207 e. The molecule has 0 amide bonds. The number of benzene rings is 1. The van der Waals surface area contributed by atoms with Gasteiger partial charge in [-0.15, -0.1) is 0 Å². The monoisotopic (exact) mass is 241 g/mol. The third-order valence-corrected chi connectivity index (χ3v) is 2.38. The quantitative estimate of drug-likeness (QED) is 0.873. The Balaban J connectivity index is 2.28. The molecule has 0 unspecified atom stereocenters. The zero-order valence-corrected chi connectivity index (χ0v) is 9.55. The minimum Gasteiger partial charge on any atom is -0.326 e. The fourth-order valence-corrected chi connectivity index (χ4v) is 1.77. The number of anilines is 2. The lowest BCUT2D eigenvalue weighted by Crippen LogP contribution is -1.98. The molecule has 0 aliphatic heterocycles. The van der Waals surface area contributed by atoms with Crippen molar-refractivity contribution in [2.24, 2.45) is 7.05 Å². The molecule has 5 heteroatoms. The minimum absolute atomic E-state index is 0.596. The van der Waals surface area contributed by atoms with Crippen LogP contribution < -0.4 is 5.32 Å². The Hall–Kier alpha value is -1.19. The molecular formula is C10H9Cl2N3. The van der Waals surface area contributed by atoms with E-state index in [1.54, 1.807) is 24.4 Å². The van der Waals surface area contributed by atoms with E-state index in [4.69, 9.17) is 23.2 Å². The molecular weight excluding hydrogens is 233 g/mol. The van der Waals surface area contributed by atoms with E-state index in [1.165, 1.54) is 0 Å². The molecule has 0 radical (unpaired) electrons. The third kappa shape index (κ3) is 2.43. The van der Waals surface area contributed by atoms with Gasteiger partial charge in [0, 0.05) is 35.2 Å². The Kier molecular flexibility index (Phi) is 2.84. The lowest BCUT2D eigenvalue weighted by atomic mass is 10.3. The summed E-state index contributed by atoms with van der Waals surface area (Å²) in [6.45, 7) is 0. The van der Waals surface area contributed by atoms with E-state index in [0.29, 0.717) is 10.0 Å². The van der Waals surface area contributed by atoms with Gasteiger partial charge in [-0.25, -0.2) is 4.98 Å². The first-order valence-electron chi connectivity index (χ1n) is 4.35. The van der Waals surface area contributed by atoms with Gasteiger partial charge in [0.15, 0.2) is 0 Å². The Morgan fingerprint density at radius 3 is 2.40 bits per heavy atom. The molecule has 1 N–H and O–H groups in total. The molecule has 78 valence electrons. The Morgan fingerprint density at radius 1 is 1.20 bits per heavy atom. The summed E-state index contributed by atoms with van der Waals surface area (Å²) < 4.78 is 1.87. The van der Waals surface area contributed by atoms with E-state index in [9.17, 15) is 0 Å². The fraction of sp³-hybridized carbons (Fsp3) is 0.100. The first kappa shape index (κ1) is 10.3. The van der Waals surface area contributed by atoms with Gasteiger partial charge in [0.2, 0.25) is 5.95 Å². The topological polar surface area (TPSA) is 29.9 Å². The molecule has 0 bridgehead atoms. The van der Waals surface area contributed by atoms with Gasteiger partial charge in [0.1, 0.15) is 0 Å². The van der Waals surface area contributed by atoms with Crippen LogP contribution in [0.15, 0.2) is 30.6 Å². The maximum Gasteiger partial charge on any atom is 0.207 e. The largest absolute Gasteiger partial charge is 0.326 e. The highest BCUT2D eigenvalue weighted by molar-refractivity contribution is 6.35. The van der Waals surface area contributed by atoms with Gasteiger partial charge >= 0.3 is 0 Å². The maximum absolute atomic E-state index is 5.88. The van der Waals surface area contributed by atoms with Crippen molar-refractivity contribution in [3.05, 3.63) is 40.6 Å². The highest BCUT2D eigenvalue weighted by Crippen LogP contribution is 2.24. The molecule has 0 saturated carbocycles. The number of nitrogens with one attached hydrogen (secondary N) is 1. The van der Waals surface area contributed by atoms with Gasteiger partial charge in [-0.2, -0.15) is 0 Å². The van der Waals surface area contributed by atoms with Crippen LogP contribution in [0.4, 0.5) is 11.6 Å². The van der Waals surface area contributed by atoms with Gasteiger partial charge in [0.05, 0.1) is 0 Å². The van der Waals surface area contributed by atoms with E-state index >= 15 is 0 Å². The zero-order chi connectivity index (χ0) is 10.8. The highest BCUT2D eigenvalue weighted by Gasteiger charge is 2.01. The van der Waals surface area contributed by atoms with E-state index in [0.717, 1.165) is 11.6 Å². The van der Waals surface area contributed by atoms with Crippen molar-refractivity contribution in [2.45, 2.75) is 0 Å². The van der Waals surface area contributed by atoms with Gasteiger partial charge in [-0.1, -0.05) is 23.2 Å². The predicted octanol–water partition coefficient (Wildman–Crippen LogP) is 3.47. The summed E-state index contributed by atoms with van der Waals surface area (Å²) in [6.07, 6.45) is 3.57. The number of halogens is 2. The van der Waals surface area contributed by atoms with Crippen LogP contribution in [0.5, 0.6) is 0 Å². The van der Waals surface area contributed by atoms with Crippen LogP contribution in [0.1, 0.15) is 0 Å². The van der Waals surface area contributed by atoms with E-state index in [-0.39, 0.29) is 0 Å². The second kappa shape index (κ2) is 4.13. The third-order valence-electron chi connectivity index (χ3n) is 1.94. The summed E-state index contributed by atoms with van der Waals surface area (Å²) in [5, 5.41) is 4.31. The Bertz CT molecular complexity index is 459. The number of hydrogen-bond acceptors (Lipinski definition) is 2. The molecule has 2 rings (SSSR count). The van der Waals surface area contributed by atoms with Crippen LogP contribution >= 0.6 is 23.2 Å². The van der Waals surface area contributed by atoms with Crippen molar-refractivity contribution < 1.29 is 0 Å². The van der Waals surface area contributed by atoms with Gasteiger partial charge in [-0.3, -0.25) is 0 Å². The van der Waals surface area contributed by atoms with Gasteiger partial charge in [0.25, 0.3) is 0 Å². The average Bonchev–Trinajstić information content (AvgIpc) is 2.50. The van der Waals surface area contributed by atoms with Crippen LogP contribution in [-0.4, -0.2) is 9.55 Å². The Morgan fingerprint density at radius 2 is 1.87 bits per heavy atom. The lowest BCUT2D eigenvalue weighted by molar-refractivity contribution is 0.924. The number of aryl methyl sites for hydroxylation is 1. The van der Waals surface area contributed by atoms with Crippen molar-refractivity contribution in [2.75, 3.05) is 5.32 Å². The lowest BCUT2D eigenvalue weighted by Gasteiger charge is -2.06. The van der Waals surface area contributed by atoms with Gasteiger partial charge in [-0.05, 0) is 18.2 Å². The molecule has 1 heterocycles. The summed E-state index contributed by atoms with van der Waals surface area (Å²) >= 11 is 11.8. The van der Waals surface area contributed by atoms with Crippen molar-refractivity contribution in [1.82, 2.24) is 9.55 Å².